The fourth-order valence-electron chi connectivity index (χ4n) is 2.07. The van der Waals surface area contributed by atoms with Crippen molar-refractivity contribution in [1.82, 2.24) is 15.1 Å². The first kappa shape index (κ1) is 15.5. The summed E-state index contributed by atoms with van der Waals surface area (Å²) in [5.74, 6) is 0. The fraction of sp³-hybridized carbons (Fsp3) is 0.769. The molecule has 1 atom stereocenters. The van der Waals surface area contributed by atoms with Crippen molar-refractivity contribution in [1.29, 1.82) is 0 Å². The lowest BCUT2D eigenvalue weighted by Crippen LogP contribution is -2.48. The Kier molecular flexibility index (Phi) is 6.68. The zero-order chi connectivity index (χ0) is 13.4. The summed E-state index contributed by atoms with van der Waals surface area (Å²) >= 11 is 5.82. The normalized spacial score (nSPS) is 14.7. The standard InChI is InChI=1S/C13H24ClN3O/c1-3-7-15-13(4-2,11-18)6-5-8-17-10-12(14)9-16-17/h9-10,15,18H,3-8,11H2,1-2H3. The Morgan fingerprint density at radius 1 is 1.50 bits per heavy atom. The van der Waals surface area contributed by atoms with E-state index in [1.807, 2.05) is 10.9 Å². The third-order valence-electron chi connectivity index (χ3n) is 3.37. The minimum Gasteiger partial charge on any atom is -0.394 e. The van der Waals surface area contributed by atoms with Crippen LogP contribution in [0.5, 0.6) is 0 Å². The third-order valence-corrected chi connectivity index (χ3v) is 3.57. The average molecular weight is 274 g/mol. The van der Waals surface area contributed by atoms with Crippen LogP contribution in [0.25, 0.3) is 0 Å². The molecule has 4 nitrogen and oxygen atoms in total. The lowest BCUT2D eigenvalue weighted by molar-refractivity contribution is 0.142. The fourth-order valence-corrected chi connectivity index (χ4v) is 2.22. The van der Waals surface area contributed by atoms with Gasteiger partial charge in [0.15, 0.2) is 0 Å². The van der Waals surface area contributed by atoms with Gasteiger partial charge in [0.1, 0.15) is 0 Å². The topological polar surface area (TPSA) is 50.1 Å². The van der Waals surface area contributed by atoms with Crippen LogP contribution in [0.4, 0.5) is 0 Å². The molecule has 2 N–H and O–H groups in total. The molecule has 1 unspecified atom stereocenters. The van der Waals surface area contributed by atoms with E-state index in [9.17, 15) is 5.11 Å². The van der Waals surface area contributed by atoms with E-state index in [2.05, 4.69) is 24.3 Å². The number of rotatable bonds is 9. The van der Waals surface area contributed by atoms with E-state index >= 15 is 0 Å². The number of nitrogens with one attached hydrogen (secondary N) is 1. The average Bonchev–Trinajstić information content (AvgIpc) is 2.80. The van der Waals surface area contributed by atoms with Gasteiger partial charge in [0.05, 0.1) is 17.8 Å². The summed E-state index contributed by atoms with van der Waals surface area (Å²) in [4.78, 5) is 0. The molecule has 1 heterocycles. The maximum atomic E-state index is 9.60. The molecule has 0 spiro atoms. The van der Waals surface area contributed by atoms with E-state index in [-0.39, 0.29) is 12.1 Å². The van der Waals surface area contributed by atoms with Gasteiger partial charge < -0.3 is 10.4 Å². The van der Waals surface area contributed by atoms with E-state index in [1.165, 1.54) is 0 Å². The summed E-state index contributed by atoms with van der Waals surface area (Å²) in [6.07, 6.45) is 7.41. The summed E-state index contributed by atoms with van der Waals surface area (Å²) in [6, 6.07) is 0. The molecule has 0 amide bonds. The molecule has 0 saturated heterocycles. The van der Waals surface area contributed by atoms with E-state index in [0.29, 0.717) is 5.02 Å². The van der Waals surface area contributed by atoms with Gasteiger partial charge in [-0.2, -0.15) is 5.10 Å². The molecule has 1 rings (SSSR count). The van der Waals surface area contributed by atoms with Gasteiger partial charge in [0, 0.05) is 18.3 Å². The highest BCUT2D eigenvalue weighted by Gasteiger charge is 2.25. The largest absolute Gasteiger partial charge is 0.394 e. The first-order valence-electron chi connectivity index (χ1n) is 6.69. The molecule has 0 bridgehead atoms. The van der Waals surface area contributed by atoms with Crippen LogP contribution in [0.1, 0.15) is 39.5 Å². The van der Waals surface area contributed by atoms with Crippen LogP contribution in [-0.4, -0.2) is 33.6 Å². The minimum absolute atomic E-state index is 0.146. The van der Waals surface area contributed by atoms with Gasteiger partial charge in [0.2, 0.25) is 0 Å². The van der Waals surface area contributed by atoms with Gasteiger partial charge in [-0.05, 0) is 32.2 Å². The molecule has 0 aliphatic carbocycles. The lowest BCUT2D eigenvalue weighted by Gasteiger charge is -2.32. The zero-order valence-electron chi connectivity index (χ0n) is 11.3. The van der Waals surface area contributed by atoms with Crippen LogP contribution in [0.2, 0.25) is 5.02 Å². The number of hydrogen-bond donors (Lipinski definition) is 2. The van der Waals surface area contributed by atoms with Crippen LogP contribution in [0.15, 0.2) is 12.4 Å². The Bertz CT molecular complexity index is 337. The van der Waals surface area contributed by atoms with Crippen molar-refractivity contribution in [2.75, 3.05) is 13.2 Å². The van der Waals surface area contributed by atoms with Crippen molar-refractivity contribution < 1.29 is 5.11 Å². The van der Waals surface area contributed by atoms with Crippen molar-refractivity contribution in [2.45, 2.75) is 51.6 Å². The Labute approximate surface area is 114 Å². The highest BCUT2D eigenvalue weighted by atomic mass is 35.5. The van der Waals surface area contributed by atoms with Gasteiger partial charge in [0.25, 0.3) is 0 Å². The van der Waals surface area contributed by atoms with Gasteiger partial charge in [-0.25, -0.2) is 0 Å². The van der Waals surface area contributed by atoms with Gasteiger partial charge >= 0.3 is 0 Å². The maximum Gasteiger partial charge on any atom is 0.0785 e. The SMILES string of the molecule is CCCNC(CC)(CO)CCCn1cc(Cl)cn1. The molecule has 1 aromatic rings. The molecular weight excluding hydrogens is 250 g/mol. The molecule has 0 aliphatic rings. The predicted molar refractivity (Wildman–Crippen MR) is 74.9 cm³/mol. The molecular formula is C13H24ClN3O. The molecule has 0 aliphatic heterocycles. The van der Waals surface area contributed by atoms with Gasteiger partial charge in [-0.15, -0.1) is 0 Å². The molecule has 104 valence electrons. The molecule has 0 fully saturated rings. The Hall–Kier alpha value is -0.580. The van der Waals surface area contributed by atoms with E-state index in [1.54, 1.807) is 6.20 Å². The smallest absolute Gasteiger partial charge is 0.0785 e. The number of aliphatic hydroxyl groups is 1. The number of aryl methyl sites for hydroxylation is 1. The Balaban J connectivity index is 2.41. The minimum atomic E-state index is -0.146. The Morgan fingerprint density at radius 3 is 2.78 bits per heavy atom. The molecule has 0 saturated carbocycles. The molecule has 5 heteroatoms. The van der Waals surface area contributed by atoms with Crippen molar-refractivity contribution >= 4 is 11.6 Å². The highest BCUT2D eigenvalue weighted by Crippen LogP contribution is 2.18. The number of aliphatic hydroxyl groups excluding tert-OH is 1. The van der Waals surface area contributed by atoms with Crippen LogP contribution in [-0.2, 0) is 6.54 Å². The lowest BCUT2D eigenvalue weighted by atomic mass is 9.91. The van der Waals surface area contributed by atoms with E-state index in [4.69, 9.17) is 11.6 Å². The van der Waals surface area contributed by atoms with Crippen LogP contribution >= 0.6 is 11.6 Å². The predicted octanol–water partition coefficient (Wildman–Crippen LogP) is 2.46. The van der Waals surface area contributed by atoms with Crippen LogP contribution in [0, 0.1) is 0 Å². The molecule has 18 heavy (non-hydrogen) atoms. The van der Waals surface area contributed by atoms with Crippen molar-refractivity contribution in [3.63, 3.8) is 0 Å². The summed E-state index contributed by atoms with van der Waals surface area (Å²) in [5, 5.41) is 17.9. The number of aromatic nitrogens is 2. The summed E-state index contributed by atoms with van der Waals surface area (Å²) in [5.41, 5.74) is -0.146. The second-order valence-electron chi connectivity index (χ2n) is 4.74. The van der Waals surface area contributed by atoms with Gasteiger partial charge in [-0.1, -0.05) is 25.4 Å². The number of hydrogen-bond acceptors (Lipinski definition) is 3. The van der Waals surface area contributed by atoms with E-state index in [0.717, 1.165) is 38.8 Å². The first-order valence-corrected chi connectivity index (χ1v) is 7.07. The number of nitrogens with zero attached hydrogens (tertiary/aromatic N) is 2. The van der Waals surface area contributed by atoms with Crippen molar-refractivity contribution in [3.05, 3.63) is 17.4 Å². The zero-order valence-corrected chi connectivity index (χ0v) is 12.1. The highest BCUT2D eigenvalue weighted by molar-refractivity contribution is 6.30. The van der Waals surface area contributed by atoms with Crippen molar-refractivity contribution in [2.24, 2.45) is 0 Å². The maximum absolute atomic E-state index is 9.60. The van der Waals surface area contributed by atoms with Crippen LogP contribution < -0.4 is 5.32 Å². The second kappa shape index (κ2) is 7.77. The molecule has 0 aromatic carbocycles. The third kappa shape index (κ3) is 4.59. The van der Waals surface area contributed by atoms with Crippen molar-refractivity contribution in [3.8, 4) is 0 Å². The first-order chi connectivity index (χ1) is 8.65. The second-order valence-corrected chi connectivity index (χ2v) is 5.18. The monoisotopic (exact) mass is 273 g/mol. The number of halogens is 1. The van der Waals surface area contributed by atoms with Gasteiger partial charge in [-0.3, -0.25) is 4.68 Å². The van der Waals surface area contributed by atoms with E-state index < -0.39 is 0 Å². The summed E-state index contributed by atoms with van der Waals surface area (Å²) in [6.45, 7) is 6.22. The quantitative estimate of drug-likeness (QED) is 0.727. The Morgan fingerprint density at radius 2 is 2.28 bits per heavy atom. The van der Waals surface area contributed by atoms with Crippen LogP contribution in [0.3, 0.4) is 0 Å². The summed E-state index contributed by atoms with van der Waals surface area (Å²) < 4.78 is 1.85. The molecule has 1 aromatic heterocycles. The molecule has 0 radical (unpaired) electrons. The summed E-state index contributed by atoms with van der Waals surface area (Å²) in [7, 11) is 0.